The Morgan fingerprint density at radius 3 is 2.38 bits per heavy atom. The molecular formula is C19H27N3O4. The highest BCUT2D eigenvalue weighted by atomic mass is 16.5. The highest BCUT2D eigenvalue weighted by Crippen LogP contribution is 2.63. The Kier molecular flexibility index (Phi) is 3.12. The fourth-order valence-electron chi connectivity index (χ4n) is 7.57. The van der Waals surface area contributed by atoms with Crippen molar-refractivity contribution < 1.29 is 20.1 Å². The number of nitrogens with zero attached hydrogens (tertiary/aromatic N) is 2. The molecule has 5 aliphatic carbocycles. The summed E-state index contributed by atoms with van der Waals surface area (Å²) in [5.74, 6) is -2.24. The number of amides is 1. The Morgan fingerprint density at radius 2 is 1.85 bits per heavy atom. The lowest BCUT2D eigenvalue weighted by Gasteiger charge is -2.61. The van der Waals surface area contributed by atoms with Gasteiger partial charge in [-0.3, -0.25) is 4.79 Å². The Hall–Kier alpha value is -1.20. The maximum Gasteiger partial charge on any atom is 0.241 e. The van der Waals surface area contributed by atoms with E-state index >= 15 is 0 Å². The van der Waals surface area contributed by atoms with Crippen LogP contribution in [0.5, 0.6) is 0 Å². The number of likely N-dealkylation sites (tertiary alicyclic amines) is 1. The number of hydrogen-bond acceptors (Lipinski definition) is 6. The van der Waals surface area contributed by atoms with E-state index in [9.17, 15) is 25.4 Å². The van der Waals surface area contributed by atoms with E-state index < -0.39 is 34.8 Å². The summed E-state index contributed by atoms with van der Waals surface area (Å²) in [6.07, 6.45) is 4.93. The summed E-state index contributed by atoms with van der Waals surface area (Å²) >= 11 is 0. The first kappa shape index (κ1) is 16.9. The molecule has 1 aliphatic heterocycles. The molecule has 1 saturated heterocycles. The van der Waals surface area contributed by atoms with E-state index in [4.69, 9.17) is 5.73 Å². The third kappa shape index (κ3) is 1.94. The van der Waals surface area contributed by atoms with Gasteiger partial charge in [-0.15, -0.1) is 0 Å². The van der Waals surface area contributed by atoms with Crippen LogP contribution >= 0.6 is 0 Å². The molecule has 6 fully saturated rings. The maximum absolute atomic E-state index is 13.4. The van der Waals surface area contributed by atoms with Gasteiger partial charge in [0.15, 0.2) is 6.04 Å². The zero-order valence-corrected chi connectivity index (χ0v) is 15.0. The molecule has 0 radical (unpaired) electrons. The van der Waals surface area contributed by atoms with E-state index in [0.29, 0.717) is 18.3 Å². The Labute approximate surface area is 152 Å². The number of hydrogen-bond donors (Lipinski definition) is 4. The Balaban J connectivity index is 1.45. The summed E-state index contributed by atoms with van der Waals surface area (Å²) in [5, 5.41) is 41.1. The molecule has 6 aliphatic rings. The zero-order chi connectivity index (χ0) is 18.6. The lowest BCUT2D eigenvalue weighted by molar-refractivity contribution is -0.196. The topological polar surface area (TPSA) is 131 Å². The van der Waals surface area contributed by atoms with E-state index in [1.807, 2.05) is 13.0 Å². The highest BCUT2D eigenvalue weighted by molar-refractivity contribution is 5.85. The summed E-state index contributed by atoms with van der Waals surface area (Å²) in [6.45, 7) is 1.86. The lowest BCUT2D eigenvalue weighted by Crippen LogP contribution is -2.65. The van der Waals surface area contributed by atoms with Crippen LogP contribution in [0.2, 0.25) is 0 Å². The standard InChI is InChI=1S/C19H27N3O4/c1-9-13-14(9)22(12(7-20)19(13,25)26)16(23)15(21)17-3-10-2-11(4-17)6-18(24,5-10)8-17/h9-15,24-26H,2-6,8,21H2,1H3. The first-order chi connectivity index (χ1) is 12.1. The molecule has 1 heterocycles. The second kappa shape index (κ2) is 4.79. The SMILES string of the molecule is CC1C2C1C(O)(O)C(C#N)N2C(=O)C(N)C12CC3CC(CC(O)(C3)C1)C2. The number of rotatable bonds is 2. The van der Waals surface area contributed by atoms with Gasteiger partial charge in [-0.1, -0.05) is 6.92 Å². The van der Waals surface area contributed by atoms with E-state index in [1.165, 1.54) is 4.90 Å². The Morgan fingerprint density at radius 1 is 1.23 bits per heavy atom. The van der Waals surface area contributed by atoms with Crippen molar-refractivity contribution in [3.63, 3.8) is 0 Å². The van der Waals surface area contributed by atoms with Crippen molar-refractivity contribution in [2.45, 2.75) is 75.0 Å². The predicted molar refractivity (Wildman–Crippen MR) is 89.9 cm³/mol. The first-order valence-electron chi connectivity index (χ1n) is 9.76. The van der Waals surface area contributed by atoms with Gasteiger partial charge < -0.3 is 26.0 Å². The molecule has 26 heavy (non-hydrogen) atoms. The van der Waals surface area contributed by atoms with Crippen LogP contribution in [0.15, 0.2) is 0 Å². The molecule has 0 aromatic heterocycles. The number of carbonyl (C=O) groups is 1. The van der Waals surface area contributed by atoms with Crippen LogP contribution in [0.1, 0.15) is 45.4 Å². The van der Waals surface area contributed by atoms with Crippen LogP contribution in [0, 0.1) is 40.4 Å². The van der Waals surface area contributed by atoms with Gasteiger partial charge in [0.2, 0.25) is 11.7 Å². The molecule has 4 bridgehead atoms. The minimum absolute atomic E-state index is 0.0497. The van der Waals surface area contributed by atoms with Gasteiger partial charge in [0, 0.05) is 12.0 Å². The van der Waals surface area contributed by atoms with Gasteiger partial charge >= 0.3 is 0 Å². The third-order valence-electron chi connectivity index (χ3n) is 8.20. The lowest BCUT2D eigenvalue weighted by atomic mass is 9.46. The molecule has 1 amide bonds. The van der Waals surface area contributed by atoms with Gasteiger partial charge in [-0.2, -0.15) is 5.26 Å². The summed E-state index contributed by atoms with van der Waals surface area (Å²) in [5.41, 5.74) is 5.37. The van der Waals surface area contributed by atoms with Crippen LogP contribution in [-0.2, 0) is 4.79 Å². The maximum atomic E-state index is 13.4. The smallest absolute Gasteiger partial charge is 0.241 e. The fraction of sp³-hybridized carbons (Fsp3) is 0.895. The average Bonchev–Trinajstić information content (AvgIpc) is 3.12. The molecule has 0 spiro atoms. The van der Waals surface area contributed by atoms with E-state index in [2.05, 4.69) is 0 Å². The van der Waals surface area contributed by atoms with Crippen LogP contribution in [0.25, 0.3) is 0 Å². The van der Waals surface area contributed by atoms with Crippen molar-refractivity contribution in [2.24, 2.45) is 34.8 Å². The van der Waals surface area contributed by atoms with Gasteiger partial charge in [-0.05, 0) is 61.7 Å². The minimum atomic E-state index is -2.17. The quantitative estimate of drug-likeness (QED) is 0.499. The molecular weight excluding hydrogens is 334 g/mol. The van der Waals surface area contributed by atoms with Crippen LogP contribution in [0.4, 0.5) is 0 Å². The summed E-state index contributed by atoms with van der Waals surface area (Å²) < 4.78 is 0. The van der Waals surface area contributed by atoms with Crippen LogP contribution in [-0.4, -0.2) is 55.6 Å². The molecule has 7 nitrogen and oxygen atoms in total. The highest BCUT2D eigenvalue weighted by Gasteiger charge is 2.74. The van der Waals surface area contributed by atoms with Crippen molar-refractivity contribution in [1.82, 2.24) is 4.90 Å². The number of nitrogens with two attached hydrogens (primary N) is 1. The van der Waals surface area contributed by atoms with Crippen molar-refractivity contribution in [3.05, 3.63) is 0 Å². The zero-order valence-electron chi connectivity index (χ0n) is 15.0. The van der Waals surface area contributed by atoms with Crippen molar-refractivity contribution in [2.75, 3.05) is 0 Å². The van der Waals surface area contributed by atoms with Gasteiger partial charge in [0.05, 0.1) is 17.7 Å². The fourth-order valence-corrected chi connectivity index (χ4v) is 7.57. The van der Waals surface area contributed by atoms with Crippen molar-refractivity contribution >= 4 is 5.91 Å². The summed E-state index contributed by atoms with van der Waals surface area (Å²) in [7, 11) is 0. The van der Waals surface area contributed by atoms with E-state index in [-0.39, 0.29) is 17.9 Å². The predicted octanol–water partition coefficient (Wildman–Crippen LogP) is -0.305. The van der Waals surface area contributed by atoms with Gasteiger partial charge in [-0.25, -0.2) is 0 Å². The molecule has 0 aromatic carbocycles. The van der Waals surface area contributed by atoms with Crippen molar-refractivity contribution in [1.29, 1.82) is 5.26 Å². The molecule has 0 aromatic rings. The third-order valence-corrected chi connectivity index (χ3v) is 8.20. The molecule has 142 valence electrons. The number of carbonyl (C=O) groups excluding carboxylic acids is 1. The van der Waals surface area contributed by atoms with E-state index in [1.54, 1.807) is 0 Å². The largest absolute Gasteiger partial charge is 0.390 e. The van der Waals surface area contributed by atoms with Crippen LogP contribution < -0.4 is 5.73 Å². The van der Waals surface area contributed by atoms with Crippen molar-refractivity contribution in [3.8, 4) is 6.07 Å². The second-order valence-corrected chi connectivity index (χ2v) is 9.96. The molecule has 7 unspecified atom stereocenters. The van der Waals surface area contributed by atoms with Gasteiger partial charge in [0.25, 0.3) is 0 Å². The Bertz CT molecular complexity index is 702. The molecule has 5 saturated carbocycles. The number of aliphatic hydroxyl groups is 3. The average molecular weight is 361 g/mol. The number of nitriles is 1. The van der Waals surface area contributed by atoms with Crippen LogP contribution in [0.3, 0.4) is 0 Å². The normalized spacial score (nSPS) is 53.9. The van der Waals surface area contributed by atoms with E-state index in [0.717, 1.165) is 32.1 Å². The molecule has 5 N–H and O–H groups in total. The first-order valence-corrected chi connectivity index (χ1v) is 9.76. The minimum Gasteiger partial charge on any atom is -0.390 e. The monoisotopic (exact) mass is 361 g/mol. The molecule has 7 heteroatoms. The van der Waals surface area contributed by atoms with Gasteiger partial charge in [0.1, 0.15) is 0 Å². The summed E-state index contributed by atoms with van der Waals surface area (Å²) in [4.78, 5) is 14.7. The molecule has 7 atom stereocenters. The molecule has 6 rings (SSSR count). The second-order valence-electron chi connectivity index (χ2n) is 9.96. The number of fused-ring (bicyclic) bond motifs is 1. The summed E-state index contributed by atoms with van der Waals surface area (Å²) in [6, 6.07) is -0.507. The number of piperidine rings is 1.